The SMILES string of the molecule is Cc1cc(C)c(C)c(OC(=O)C2CCCC2)c1. The molecule has 0 heterocycles. The summed E-state index contributed by atoms with van der Waals surface area (Å²) in [6.45, 7) is 6.08. The molecule has 0 spiro atoms. The lowest BCUT2D eigenvalue weighted by Gasteiger charge is -2.13. The summed E-state index contributed by atoms with van der Waals surface area (Å²) in [6, 6.07) is 4.07. The van der Waals surface area contributed by atoms with Crippen LogP contribution in [0.1, 0.15) is 42.4 Å². The molecule has 0 bridgehead atoms. The van der Waals surface area contributed by atoms with Crippen LogP contribution in [0, 0.1) is 26.7 Å². The molecule has 0 radical (unpaired) electrons. The van der Waals surface area contributed by atoms with Gasteiger partial charge in [-0.1, -0.05) is 18.9 Å². The Hall–Kier alpha value is -1.31. The Morgan fingerprint density at radius 2 is 1.82 bits per heavy atom. The van der Waals surface area contributed by atoms with Gasteiger partial charge in [0.05, 0.1) is 5.92 Å². The number of hydrogen-bond acceptors (Lipinski definition) is 2. The van der Waals surface area contributed by atoms with Crippen LogP contribution in [0.3, 0.4) is 0 Å². The van der Waals surface area contributed by atoms with E-state index < -0.39 is 0 Å². The molecule has 2 heteroatoms. The normalized spacial score (nSPS) is 16.2. The van der Waals surface area contributed by atoms with E-state index in [9.17, 15) is 4.79 Å². The number of ether oxygens (including phenoxy) is 1. The second-order valence-corrected chi connectivity index (χ2v) is 5.11. The highest BCUT2D eigenvalue weighted by molar-refractivity contribution is 5.76. The number of carbonyl (C=O) groups is 1. The van der Waals surface area contributed by atoms with Crippen LogP contribution < -0.4 is 4.74 Å². The van der Waals surface area contributed by atoms with Crippen LogP contribution >= 0.6 is 0 Å². The van der Waals surface area contributed by atoms with Gasteiger partial charge in [0.25, 0.3) is 0 Å². The predicted octanol–water partition coefficient (Wildman–Crippen LogP) is 3.71. The van der Waals surface area contributed by atoms with Crippen molar-refractivity contribution in [2.24, 2.45) is 5.92 Å². The van der Waals surface area contributed by atoms with Gasteiger partial charge in [-0.25, -0.2) is 0 Å². The van der Waals surface area contributed by atoms with Gasteiger partial charge in [-0.15, -0.1) is 0 Å². The van der Waals surface area contributed by atoms with Gasteiger partial charge < -0.3 is 4.74 Å². The van der Waals surface area contributed by atoms with Crippen molar-refractivity contribution in [2.75, 3.05) is 0 Å². The van der Waals surface area contributed by atoms with E-state index in [0.717, 1.165) is 42.6 Å². The Morgan fingerprint density at radius 1 is 1.18 bits per heavy atom. The molecule has 2 rings (SSSR count). The van der Waals surface area contributed by atoms with Gasteiger partial charge in [0.1, 0.15) is 5.75 Å². The number of rotatable bonds is 2. The molecule has 92 valence electrons. The van der Waals surface area contributed by atoms with Gasteiger partial charge in [-0.3, -0.25) is 4.79 Å². The Bertz CT molecular complexity index is 429. The summed E-state index contributed by atoms with van der Waals surface area (Å²) in [5, 5.41) is 0. The molecule has 0 unspecified atom stereocenters. The summed E-state index contributed by atoms with van der Waals surface area (Å²) in [7, 11) is 0. The van der Waals surface area contributed by atoms with E-state index in [0.29, 0.717) is 0 Å². The summed E-state index contributed by atoms with van der Waals surface area (Å²) < 4.78 is 5.55. The highest BCUT2D eigenvalue weighted by Crippen LogP contribution is 2.29. The molecule has 0 N–H and O–H groups in total. The van der Waals surface area contributed by atoms with Crippen LogP contribution in [-0.2, 0) is 4.79 Å². The number of benzene rings is 1. The van der Waals surface area contributed by atoms with Gasteiger partial charge in [0, 0.05) is 0 Å². The number of aryl methyl sites for hydroxylation is 2. The van der Waals surface area contributed by atoms with Crippen LogP contribution in [0.15, 0.2) is 12.1 Å². The van der Waals surface area contributed by atoms with Crippen LogP contribution in [0.25, 0.3) is 0 Å². The fraction of sp³-hybridized carbons (Fsp3) is 0.533. The fourth-order valence-corrected chi connectivity index (χ4v) is 2.46. The minimum Gasteiger partial charge on any atom is -0.426 e. The second kappa shape index (κ2) is 4.91. The summed E-state index contributed by atoms with van der Waals surface area (Å²) in [4.78, 5) is 12.0. The topological polar surface area (TPSA) is 26.3 Å². The van der Waals surface area contributed by atoms with Crippen molar-refractivity contribution in [1.29, 1.82) is 0 Å². The van der Waals surface area contributed by atoms with Crippen molar-refractivity contribution in [3.8, 4) is 5.75 Å². The largest absolute Gasteiger partial charge is 0.426 e. The van der Waals surface area contributed by atoms with Gasteiger partial charge in [0.2, 0.25) is 0 Å². The number of hydrogen-bond donors (Lipinski definition) is 0. The summed E-state index contributed by atoms with van der Waals surface area (Å²) in [6.07, 6.45) is 4.29. The van der Waals surface area contributed by atoms with Crippen molar-refractivity contribution in [3.05, 3.63) is 28.8 Å². The third kappa shape index (κ3) is 2.68. The zero-order valence-electron chi connectivity index (χ0n) is 10.9. The molecule has 1 aliphatic carbocycles. The highest BCUT2D eigenvalue weighted by Gasteiger charge is 2.25. The molecule has 1 fully saturated rings. The van der Waals surface area contributed by atoms with E-state index in [1.807, 2.05) is 19.9 Å². The van der Waals surface area contributed by atoms with Gasteiger partial charge in [-0.2, -0.15) is 0 Å². The zero-order chi connectivity index (χ0) is 12.4. The average molecular weight is 232 g/mol. The van der Waals surface area contributed by atoms with E-state index in [1.54, 1.807) is 0 Å². The van der Waals surface area contributed by atoms with Crippen LogP contribution in [-0.4, -0.2) is 5.97 Å². The molecule has 0 atom stereocenters. The molecule has 1 aliphatic rings. The maximum atomic E-state index is 12.0. The lowest BCUT2D eigenvalue weighted by Crippen LogP contribution is -2.18. The van der Waals surface area contributed by atoms with Crippen molar-refractivity contribution >= 4 is 5.97 Å². The molecule has 1 aromatic carbocycles. The van der Waals surface area contributed by atoms with Gasteiger partial charge in [0.15, 0.2) is 0 Å². The first kappa shape index (κ1) is 12.2. The highest BCUT2D eigenvalue weighted by atomic mass is 16.5. The quantitative estimate of drug-likeness (QED) is 0.574. The predicted molar refractivity (Wildman–Crippen MR) is 68.2 cm³/mol. The Kier molecular flexibility index (Phi) is 3.51. The van der Waals surface area contributed by atoms with Crippen molar-refractivity contribution in [1.82, 2.24) is 0 Å². The van der Waals surface area contributed by atoms with Crippen LogP contribution in [0.4, 0.5) is 0 Å². The third-order valence-corrected chi connectivity index (χ3v) is 3.66. The molecule has 17 heavy (non-hydrogen) atoms. The van der Waals surface area contributed by atoms with Crippen molar-refractivity contribution in [2.45, 2.75) is 46.5 Å². The van der Waals surface area contributed by atoms with E-state index in [4.69, 9.17) is 4.74 Å². The Morgan fingerprint density at radius 3 is 2.47 bits per heavy atom. The molecule has 1 aromatic rings. The Balaban J connectivity index is 2.15. The lowest BCUT2D eigenvalue weighted by atomic mass is 10.1. The van der Waals surface area contributed by atoms with Crippen LogP contribution in [0.5, 0.6) is 5.75 Å². The van der Waals surface area contributed by atoms with Gasteiger partial charge >= 0.3 is 5.97 Å². The minimum atomic E-state index is -0.0457. The van der Waals surface area contributed by atoms with Gasteiger partial charge in [-0.05, 0) is 56.4 Å². The monoisotopic (exact) mass is 232 g/mol. The van der Waals surface area contributed by atoms with Crippen LogP contribution in [0.2, 0.25) is 0 Å². The Labute approximate surface area is 103 Å². The molecule has 0 aromatic heterocycles. The van der Waals surface area contributed by atoms with E-state index >= 15 is 0 Å². The minimum absolute atomic E-state index is 0.0457. The smallest absolute Gasteiger partial charge is 0.314 e. The molecule has 1 saturated carbocycles. The maximum Gasteiger partial charge on any atom is 0.314 e. The molecule has 0 aliphatic heterocycles. The van der Waals surface area contributed by atoms with E-state index in [-0.39, 0.29) is 11.9 Å². The summed E-state index contributed by atoms with van der Waals surface area (Å²) >= 11 is 0. The first-order valence-corrected chi connectivity index (χ1v) is 6.37. The molecule has 0 amide bonds. The first-order chi connectivity index (χ1) is 8.08. The zero-order valence-corrected chi connectivity index (χ0v) is 10.9. The van der Waals surface area contributed by atoms with E-state index in [2.05, 4.69) is 13.0 Å². The molecule has 0 saturated heterocycles. The van der Waals surface area contributed by atoms with Crippen molar-refractivity contribution < 1.29 is 9.53 Å². The van der Waals surface area contributed by atoms with Crippen molar-refractivity contribution in [3.63, 3.8) is 0 Å². The maximum absolute atomic E-state index is 12.0. The average Bonchev–Trinajstić information content (AvgIpc) is 2.78. The number of esters is 1. The third-order valence-electron chi connectivity index (χ3n) is 3.66. The molecule has 2 nitrogen and oxygen atoms in total. The lowest BCUT2D eigenvalue weighted by molar-refractivity contribution is -0.138. The number of carbonyl (C=O) groups excluding carboxylic acids is 1. The summed E-state index contributed by atoms with van der Waals surface area (Å²) in [5.74, 6) is 0.810. The molecular weight excluding hydrogens is 212 g/mol. The second-order valence-electron chi connectivity index (χ2n) is 5.11. The molecular formula is C15H20O2. The summed E-state index contributed by atoms with van der Waals surface area (Å²) in [5.41, 5.74) is 3.39. The first-order valence-electron chi connectivity index (χ1n) is 6.37. The van der Waals surface area contributed by atoms with E-state index in [1.165, 1.54) is 5.56 Å². The standard InChI is InChI=1S/C15H20O2/c1-10-8-11(2)12(3)14(9-10)17-15(16)13-6-4-5-7-13/h8-9,13H,4-7H2,1-3H3. The fourth-order valence-electron chi connectivity index (χ4n) is 2.46.